The molecule has 0 radical (unpaired) electrons. The number of oxazole rings is 1. The van der Waals surface area contributed by atoms with Crippen molar-refractivity contribution >= 4 is 0 Å². The van der Waals surface area contributed by atoms with E-state index in [4.69, 9.17) is 9.52 Å². The summed E-state index contributed by atoms with van der Waals surface area (Å²) in [6.45, 7) is 1.82. The maximum atomic E-state index is 9.28. The summed E-state index contributed by atoms with van der Waals surface area (Å²) in [5.74, 6) is 0.624. The Hall–Kier alpha value is -1.66. The fourth-order valence-electron chi connectivity index (χ4n) is 1.88. The molecule has 98 valence electrons. The Morgan fingerprint density at radius 1 is 1.39 bits per heavy atom. The van der Waals surface area contributed by atoms with Gasteiger partial charge in [-0.1, -0.05) is 6.92 Å². The Morgan fingerprint density at radius 3 is 2.78 bits per heavy atom. The molecular weight excluding hydrogens is 234 g/mol. The van der Waals surface area contributed by atoms with Crippen LogP contribution in [0.4, 0.5) is 0 Å². The predicted octanol–water partition coefficient (Wildman–Crippen LogP) is 0.739. The van der Waals surface area contributed by atoms with Crippen molar-refractivity contribution in [2.24, 2.45) is 7.05 Å². The zero-order valence-electron chi connectivity index (χ0n) is 10.5. The first-order valence-electron chi connectivity index (χ1n) is 5.80. The number of imidazole rings is 1. The van der Waals surface area contributed by atoms with Crippen molar-refractivity contribution in [2.75, 3.05) is 0 Å². The summed E-state index contributed by atoms with van der Waals surface area (Å²) >= 11 is 0. The third-order valence-electron chi connectivity index (χ3n) is 2.95. The van der Waals surface area contributed by atoms with Crippen molar-refractivity contribution in [3.8, 4) is 0 Å². The van der Waals surface area contributed by atoms with Crippen molar-refractivity contribution in [2.45, 2.75) is 32.5 Å². The first-order chi connectivity index (χ1) is 8.65. The molecule has 18 heavy (non-hydrogen) atoms. The molecule has 0 bridgehead atoms. The Bertz CT molecular complexity index is 518. The van der Waals surface area contributed by atoms with Gasteiger partial charge in [-0.3, -0.25) is 0 Å². The normalized spacial score (nSPS) is 12.9. The summed E-state index contributed by atoms with van der Waals surface area (Å²) in [5, 5.41) is 18.2. The molecule has 2 N–H and O–H groups in total. The predicted molar refractivity (Wildman–Crippen MR) is 63.7 cm³/mol. The fraction of sp³-hybridized carbons (Fsp3) is 0.500. The van der Waals surface area contributed by atoms with E-state index in [9.17, 15) is 5.11 Å². The van der Waals surface area contributed by atoms with Gasteiger partial charge in [-0.2, -0.15) is 0 Å². The van der Waals surface area contributed by atoms with Crippen LogP contribution in [0.1, 0.15) is 35.8 Å². The standard InChI is InChI=1S/C12H17N3O3/c1-8(12-14-9(4-16)6-18-12)3-10-11(5-17)15(2)7-13-10/h6-8,16-17H,3-5H2,1-2H3. The Balaban J connectivity index is 2.13. The number of hydrogen-bond donors (Lipinski definition) is 2. The largest absolute Gasteiger partial charge is 0.448 e. The van der Waals surface area contributed by atoms with Crippen LogP contribution in [-0.4, -0.2) is 24.7 Å². The molecule has 0 saturated heterocycles. The summed E-state index contributed by atoms with van der Waals surface area (Å²) in [5.41, 5.74) is 2.17. The summed E-state index contributed by atoms with van der Waals surface area (Å²) in [4.78, 5) is 8.44. The second-order valence-electron chi connectivity index (χ2n) is 4.35. The van der Waals surface area contributed by atoms with E-state index in [1.807, 2.05) is 14.0 Å². The quantitative estimate of drug-likeness (QED) is 0.818. The molecular formula is C12H17N3O3. The van der Waals surface area contributed by atoms with E-state index in [1.165, 1.54) is 6.26 Å². The van der Waals surface area contributed by atoms with Gasteiger partial charge in [0.05, 0.1) is 30.9 Å². The van der Waals surface area contributed by atoms with Crippen molar-refractivity contribution in [3.63, 3.8) is 0 Å². The van der Waals surface area contributed by atoms with Crippen LogP contribution in [0.2, 0.25) is 0 Å². The maximum absolute atomic E-state index is 9.28. The van der Waals surface area contributed by atoms with Gasteiger partial charge in [0.2, 0.25) is 0 Å². The van der Waals surface area contributed by atoms with E-state index < -0.39 is 0 Å². The highest BCUT2D eigenvalue weighted by Gasteiger charge is 2.17. The van der Waals surface area contributed by atoms with Gasteiger partial charge in [0.15, 0.2) is 5.89 Å². The monoisotopic (exact) mass is 251 g/mol. The number of hydrogen-bond acceptors (Lipinski definition) is 5. The second-order valence-corrected chi connectivity index (χ2v) is 4.35. The average molecular weight is 251 g/mol. The molecule has 0 aliphatic rings. The molecule has 2 rings (SSSR count). The molecule has 2 aromatic heterocycles. The Kier molecular flexibility index (Phi) is 3.78. The van der Waals surface area contributed by atoms with Crippen LogP contribution in [0.3, 0.4) is 0 Å². The molecule has 0 amide bonds. The topological polar surface area (TPSA) is 84.3 Å². The minimum atomic E-state index is -0.123. The molecule has 1 unspecified atom stereocenters. The van der Waals surface area contributed by atoms with Crippen LogP contribution in [0.15, 0.2) is 17.0 Å². The summed E-state index contributed by atoms with van der Waals surface area (Å²) < 4.78 is 7.10. The number of aryl methyl sites for hydroxylation is 1. The smallest absolute Gasteiger partial charge is 0.197 e. The molecule has 1 atom stereocenters. The van der Waals surface area contributed by atoms with Gasteiger partial charge < -0.3 is 19.2 Å². The van der Waals surface area contributed by atoms with Crippen molar-refractivity contribution in [3.05, 3.63) is 35.6 Å². The molecule has 0 saturated carbocycles. The van der Waals surface area contributed by atoms with Gasteiger partial charge in [0.1, 0.15) is 12.0 Å². The van der Waals surface area contributed by atoms with Crippen LogP contribution in [0, 0.1) is 0 Å². The van der Waals surface area contributed by atoms with Crippen LogP contribution in [0.25, 0.3) is 0 Å². The van der Waals surface area contributed by atoms with E-state index in [2.05, 4.69) is 9.97 Å². The molecule has 0 fully saturated rings. The number of aliphatic hydroxyl groups excluding tert-OH is 2. The number of aliphatic hydroxyl groups is 2. The summed E-state index contributed by atoms with van der Waals surface area (Å²) in [6, 6.07) is 0. The molecule has 0 aliphatic carbocycles. The van der Waals surface area contributed by atoms with Gasteiger partial charge in [0.25, 0.3) is 0 Å². The summed E-state index contributed by atoms with van der Waals surface area (Å²) in [6.07, 6.45) is 3.78. The van der Waals surface area contributed by atoms with Gasteiger partial charge in [-0.25, -0.2) is 9.97 Å². The molecule has 0 aromatic carbocycles. The molecule has 2 aromatic rings. The van der Waals surface area contributed by atoms with Crippen molar-refractivity contribution < 1.29 is 14.6 Å². The number of nitrogens with zero attached hydrogens (tertiary/aromatic N) is 3. The number of aromatic nitrogens is 3. The van der Waals surface area contributed by atoms with Gasteiger partial charge in [0, 0.05) is 19.4 Å². The Labute approximate surface area is 105 Å². The highest BCUT2D eigenvalue weighted by atomic mass is 16.3. The molecule has 2 heterocycles. The van der Waals surface area contributed by atoms with Crippen LogP contribution < -0.4 is 0 Å². The lowest BCUT2D eigenvalue weighted by atomic mass is 10.0. The first kappa shape index (κ1) is 12.8. The van der Waals surface area contributed by atoms with Gasteiger partial charge >= 0.3 is 0 Å². The average Bonchev–Trinajstić information content (AvgIpc) is 2.96. The first-order valence-corrected chi connectivity index (χ1v) is 5.80. The lowest BCUT2D eigenvalue weighted by Crippen LogP contribution is -2.04. The minimum Gasteiger partial charge on any atom is -0.448 e. The fourth-order valence-corrected chi connectivity index (χ4v) is 1.88. The molecule has 0 aliphatic heterocycles. The van der Waals surface area contributed by atoms with E-state index >= 15 is 0 Å². The molecule has 6 heteroatoms. The van der Waals surface area contributed by atoms with E-state index in [1.54, 1.807) is 10.9 Å². The van der Waals surface area contributed by atoms with Crippen molar-refractivity contribution in [1.82, 2.24) is 14.5 Å². The maximum Gasteiger partial charge on any atom is 0.197 e. The highest BCUT2D eigenvalue weighted by molar-refractivity contribution is 5.15. The van der Waals surface area contributed by atoms with E-state index in [0.29, 0.717) is 18.0 Å². The highest BCUT2D eigenvalue weighted by Crippen LogP contribution is 2.21. The third kappa shape index (κ3) is 2.44. The van der Waals surface area contributed by atoms with Crippen molar-refractivity contribution in [1.29, 1.82) is 0 Å². The zero-order valence-corrected chi connectivity index (χ0v) is 10.5. The van der Waals surface area contributed by atoms with E-state index in [0.717, 1.165) is 11.4 Å². The summed E-state index contributed by atoms with van der Waals surface area (Å²) in [7, 11) is 1.85. The minimum absolute atomic E-state index is 0.0357. The lowest BCUT2D eigenvalue weighted by molar-refractivity contribution is 0.271. The zero-order chi connectivity index (χ0) is 13.1. The number of rotatable bonds is 5. The SMILES string of the molecule is CC(Cc1ncn(C)c1CO)c1nc(CO)co1. The lowest BCUT2D eigenvalue weighted by Gasteiger charge is -2.07. The van der Waals surface area contributed by atoms with Gasteiger partial charge in [-0.15, -0.1) is 0 Å². The Morgan fingerprint density at radius 2 is 2.17 bits per heavy atom. The van der Waals surface area contributed by atoms with Crippen LogP contribution in [0.5, 0.6) is 0 Å². The van der Waals surface area contributed by atoms with E-state index in [-0.39, 0.29) is 19.1 Å². The van der Waals surface area contributed by atoms with Crippen LogP contribution >= 0.6 is 0 Å². The van der Waals surface area contributed by atoms with Crippen LogP contribution in [-0.2, 0) is 26.7 Å². The molecule has 6 nitrogen and oxygen atoms in total. The second kappa shape index (κ2) is 5.32. The third-order valence-corrected chi connectivity index (χ3v) is 2.95. The van der Waals surface area contributed by atoms with Gasteiger partial charge in [-0.05, 0) is 0 Å². The molecule has 0 spiro atoms.